The van der Waals surface area contributed by atoms with Crippen molar-refractivity contribution in [3.8, 4) is 5.75 Å². The smallest absolute Gasteiger partial charge is 0.145 e. The van der Waals surface area contributed by atoms with Gasteiger partial charge in [-0.15, -0.1) is 11.3 Å². The molecule has 0 radical (unpaired) electrons. The molecule has 2 aromatic rings. The molecule has 18 heavy (non-hydrogen) atoms. The van der Waals surface area contributed by atoms with Crippen LogP contribution in [0.3, 0.4) is 0 Å². The molecule has 0 spiro atoms. The average Bonchev–Trinajstić information content (AvgIpc) is 2.75. The summed E-state index contributed by atoms with van der Waals surface area (Å²) in [6.07, 6.45) is 0. The molecular formula is C14H16FNOS. The molecule has 0 aliphatic heterocycles. The number of halogens is 1. The summed E-state index contributed by atoms with van der Waals surface area (Å²) in [6, 6.07) is 8.74. The Balaban J connectivity index is 2.08. The van der Waals surface area contributed by atoms with Gasteiger partial charge in [0, 0.05) is 22.4 Å². The number of rotatable bonds is 5. The molecule has 2 nitrogen and oxygen atoms in total. The van der Waals surface area contributed by atoms with Crippen LogP contribution >= 0.6 is 11.3 Å². The number of ether oxygens (including phenoxy) is 1. The van der Waals surface area contributed by atoms with Crippen molar-refractivity contribution in [3.63, 3.8) is 0 Å². The lowest BCUT2D eigenvalue weighted by Gasteiger charge is -2.11. The molecule has 1 aromatic heterocycles. The van der Waals surface area contributed by atoms with Gasteiger partial charge in [0.15, 0.2) is 0 Å². The minimum absolute atomic E-state index is 0.282. The molecule has 4 heteroatoms. The number of benzene rings is 1. The van der Waals surface area contributed by atoms with Crippen molar-refractivity contribution < 1.29 is 9.13 Å². The number of anilines is 1. The molecule has 0 aliphatic carbocycles. The molecule has 0 fully saturated rings. The lowest BCUT2D eigenvalue weighted by molar-refractivity contribution is 0.340. The molecule has 1 heterocycles. The zero-order valence-electron chi connectivity index (χ0n) is 10.5. The van der Waals surface area contributed by atoms with Crippen LogP contribution in [-0.4, -0.2) is 6.61 Å². The van der Waals surface area contributed by atoms with Gasteiger partial charge in [0.1, 0.15) is 11.6 Å². The fourth-order valence-electron chi connectivity index (χ4n) is 1.68. The fraction of sp³-hybridized carbons (Fsp3) is 0.286. The Bertz CT molecular complexity index is 524. The molecule has 0 unspecified atom stereocenters. The van der Waals surface area contributed by atoms with Crippen molar-refractivity contribution >= 4 is 17.0 Å². The fourth-order valence-corrected chi connectivity index (χ4v) is 2.51. The van der Waals surface area contributed by atoms with Crippen molar-refractivity contribution in [2.75, 3.05) is 11.9 Å². The Morgan fingerprint density at radius 3 is 2.78 bits per heavy atom. The van der Waals surface area contributed by atoms with Crippen molar-refractivity contribution in [1.29, 1.82) is 0 Å². The summed E-state index contributed by atoms with van der Waals surface area (Å²) in [5.41, 5.74) is 0.823. The van der Waals surface area contributed by atoms with E-state index in [0.717, 1.165) is 12.2 Å². The van der Waals surface area contributed by atoms with Crippen molar-refractivity contribution in [1.82, 2.24) is 0 Å². The zero-order valence-corrected chi connectivity index (χ0v) is 11.3. The maximum absolute atomic E-state index is 13.1. The van der Waals surface area contributed by atoms with E-state index in [4.69, 9.17) is 4.74 Å². The van der Waals surface area contributed by atoms with Gasteiger partial charge in [-0.2, -0.15) is 0 Å². The highest BCUT2D eigenvalue weighted by Gasteiger charge is 2.05. The molecule has 0 aliphatic rings. The van der Waals surface area contributed by atoms with E-state index in [0.29, 0.717) is 12.4 Å². The summed E-state index contributed by atoms with van der Waals surface area (Å²) in [6.45, 7) is 5.22. The maximum Gasteiger partial charge on any atom is 0.145 e. The first-order valence-electron chi connectivity index (χ1n) is 5.90. The maximum atomic E-state index is 13.1. The Morgan fingerprint density at radius 1 is 1.28 bits per heavy atom. The lowest BCUT2D eigenvalue weighted by Crippen LogP contribution is -2.02. The first-order chi connectivity index (χ1) is 8.69. The summed E-state index contributed by atoms with van der Waals surface area (Å²) in [7, 11) is 0. The number of aryl methyl sites for hydroxylation is 1. The molecule has 1 aromatic carbocycles. The van der Waals surface area contributed by atoms with Crippen LogP contribution in [0.25, 0.3) is 0 Å². The van der Waals surface area contributed by atoms with E-state index in [1.807, 2.05) is 6.92 Å². The number of hydrogen-bond acceptors (Lipinski definition) is 3. The van der Waals surface area contributed by atoms with Crippen molar-refractivity contribution in [3.05, 3.63) is 45.9 Å². The van der Waals surface area contributed by atoms with Crippen molar-refractivity contribution in [2.24, 2.45) is 0 Å². The van der Waals surface area contributed by atoms with Gasteiger partial charge in [-0.05, 0) is 38.1 Å². The van der Waals surface area contributed by atoms with E-state index in [9.17, 15) is 4.39 Å². The Morgan fingerprint density at radius 2 is 2.11 bits per heavy atom. The second-order valence-corrected chi connectivity index (χ2v) is 5.31. The SMILES string of the molecule is CCOc1cc(F)ccc1NCc1ccc(C)s1. The number of thiophene rings is 1. The van der Waals surface area contributed by atoms with Crippen LogP contribution in [0.4, 0.5) is 10.1 Å². The molecule has 96 valence electrons. The van der Waals surface area contributed by atoms with E-state index < -0.39 is 0 Å². The van der Waals surface area contributed by atoms with Crippen LogP contribution in [0.15, 0.2) is 30.3 Å². The highest BCUT2D eigenvalue weighted by Crippen LogP contribution is 2.26. The van der Waals surface area contributed by atoms with Gasteiger partial charge in [-0.25, -0.2) is 4.39 Å². The zero-order chi connectivity index (χ0) is 13.0. The summed E-state index contributed by atoms with van der Waals surface area (Å²) >= 11 is 1.75. The highest BCUT2D eigenvalue weighted by molar-refractivity contribution is 7.11. The quantitative estimate of drug-likeness (QED) is 0.874. The lowest BCUT2D eigenvalue weighted by atomic mass is 10.2. The normalized spacial score (nSPS) is 10.4. The molecule has 1 N–H and O–H groups in total. The molecule has 0 saturated heterocycles. The Kier molecular flexibility index (Phi) is 4.20. The summed E-state index contributed by atoms with van der Waals surface area (Å²) in [4.78, 5) is 2.54. The van der Waals surface area contributed by atoms with Gasteiger partial charge in [0.25, 0.3) is 0 Å². The van der Waals surface area contributed by atoms with Gasteiger partial charge >= 0.3 is 0 Å². The Hall–Kier alpha value is -1.55. The summed E-state index contributed by atoms with van der Waals surface area (Å²) < 4.78 is 18.5. The summed E-state index contributed by atoms with van der Waals surface area (Å²) in [5, 5.41) is 3.27. The molecule has 0 atom stereocenters. The Labute approximate surface area is 110 Å². The first-order valence-corrected chi connectivity index (χ1v) is 6.72. The summed E-state index contributed by atoms with van der Waals surface area (Å²) in [5.74, 6) is 0.279. The monoisotopic (exact) mass is 265 g/mol. The first kappa shape index (κ1) is 12.9. The topological polar surface area (TPSA) is 21.3 Å². The van der Waals surface area contributed by atoms with E-state index >= 15 is 0 Å². The van der Waals surface area contributed by atoms with Crippen LogP contribution < -0.4 is 10.1 Å². The second-order valence-electron chi connectivity index (χ2n) is 3.94. The third-order valence-corrected chi connectivity index (χ3v) is 3.49. The average molecular weight is 265 g/mol. The minimum Gasteiger partial charge on any atom is -0.492 e. The predicted octanol–water partition coefficient (Wildman–Crippen LogP) is 4.21. The molecule has 0 amide bonds. The minimum atomic E-state index is -0.282. The number of nitrogens with one attached hydrogen (secondary N) is 1. The van der Waals surface area contributed by atoms with E-state index in [-0.39, 0.29) is 5.82 Å². The van der Waals surface area contributed by atoms with Crippen LogP contribution in [0.1, 0.15) is 16.7 Å². The highest BCUT2D eigenvalue weighted by atomic mass is 32.1. The van der Waals surface area contributed by atoms with Gasteiger partial charge in [0.05, 0.1) is 12.3 Å². The number of hydrogen-bond donors (Lipinski definition) is 1. The standard InChI is InChI=1S/C14H16FNOS/c1-3-17-14-8-11(15)5-7-13(14)16-9-12-6-4-10(2)18-12/h4-8,16H,3,9H2,1-2H3. The molecular weight excluding hydrogens is 249 g/mol. The van der Waals surface area contributed by atoms with Crippen LogP contribution in [-0.2, 0) is 6.54 Å². The van der Waals surface area contributed by atoms with Crippen LogP contribution in [0.5, 0.6) is 5.75 Å². The third kappa shape index (κ3) is 3.23. The van der Waals surface area contributed by atoms with E-state index in [1.165, 1.54) is 21.9 Å². The third-order valence-electron chi connectivity index (χ3n) is 2.49. The molecule has 0 saturated carbocycles. The van der Waals surface area contributed by atoms with E-state index in [1.54, 1.807) is 17.4 Å². The van der Waals surface area contributed by atoms with Gasteiger partial charge in [0.2, 0.25) is 0 Å². The van der Waals surface area contributed by atoms with Gasteiger partial charge < -0.3 is 10.1 Å². The second kappa shape index (κ2) is 5.87. The van der Waals surface area contributed by atoms with E-state index in [2.05, 4.69) is 24.4 Å². The predicted molar refractivity (Wildman–Crippen MR) is 74.0 cm³/mol. The van der Waals surface area contributed by atoms with Gasteiger partial charge in [-0.1, -0.05) is 0 Å². The molecule has 0 bridgehead atoms. The van der Waals surface area contributed by atoms with Crippen LogP contribution in [0.2, 0.25) is 0 Å². The van der Waals surface area contributed by atoms with Crippen LogP contribution in [0, 0.1) is 12.7 Å². The van der Waals surface area contributed by atoms with Gasteiger partial charge in [-0.3, -0.25) is 0 Å². The van der Waals surface area contributed by atoms with Crippen molar-refractivity contribution in [2.45, 2.75) is 20.4 Å². The largest absolute Gasteiger partial charge is 0.492 e. The molecule has 2 rings (SSSR count).